The van der Waals surface area contributed by atoms with Crippen molar-refractivity contribution in [2.75, 3.05) is 19.1 Å². The summed E-state index contributed by atoms with van der Waals surface area (Å²) in [6, 6.07) is 14.3. The molecule has 0 saturated heterocycles. The molecular weight excluding hydrogens is 479 g/mol. The monoisotopic (exact) mass is 501 g/mol. The molecular formula is C26H22F3NO6. The Labute approximate surface area is 204 Å². The second-order valence-corrected chi connectivity index (χ2v) is 8.18. The maximum atomic E-state index is 14.0. The number of carbonyl (C=O) groups excluding carboxylic acids is 3. The Morgan fingerprint density at radius 2 is 1.56 bits per heavy atom. The van der Waals surface area contributed by atoms with E-state index in [0.717, 1.165) is 14.2 Å². The molecule has 36 heavy (non-hydrogen) atoms. The first-order valence-corrected chi connectivity index (χ1v) is 10.9. The fraction of sp³-hybridized carbons (Fsp3) is 0.269. The van der Waals surface area contributed by atoms with E-state index in [2.05, 4.69) is 0 Å². The number of para-hydroxylation sites is 1. The summed E-state index contributed by atoms with van der Waals surface area (Å²) in [6.45, 7) is 0. The van der Waals surface area contributed by atoms with Gasteiger partial charge in [0, 0.05) is 5.69 Å². The quantitative estimate of drug-likeness (QED) is 0.427. The number of ether oxygens (including phenoxy) is 3. The lowest BCUT2D eigenvalue weighted by atomic mass is 9.78. The Balaban J connectivity index is 1.99. The molecule has 2 heterocycles. The van der Waals surface area contributed by atoms with Crippen molar-refractivity contribution in [3.63, 3.8) is 0 Å². The number of amides is 1. The van der Waals surface area contributed by atoms with E-state index in [0.29, 0.717) is 10.5 Å². The van der Waals surface area contributed by atoms with Crippen LogP contribution >= 0.6 is 0 Å². The number of hydrogen-bond donors (Lipinski definition) is 0. The molecule has 2 aliphatic rings. The summed E-state index contributed by atoms with van der Waals surface area (Å²) in [6.07, 6.45) is -3.60. The maximum absolute atomic E-state index is 14.0. The zero-order valence-electron chi connectivity index (χ0n) is 19.3. The van der Waals surface area contributed by atoms with E-state index in [-0.39, 0.29) is 23.3 Å². The largest absolute Gasteiger partial charge is 0.471 e. The molecule has 2 aliphatic heterocycles. The van der Waals surface area contributed by atoms with Crippen molar-refractivity contribution in [1.82, 2.24) is 0 Å². The van der Waals surface area contributed by atoms with Gasteiger partial charge < -0.3 is 14.2 Å². The molecule has 3 unspecified atom stereocenters. The van der Waals surface area contributed by atoms with Crippen molar-refractivity contribution in [2.45, 2.75) is 30.3 Å². The third-order valence-electron chi connectivity index (χ3n) is 6.15. The molecule has 10 heteroatoms. The molecule has 188 valence electrons. The summed E-state index contributed by atoms with van der Waals surface area (Å²) in [5, 5.41) is 0. The van der Waals surface area contributed by atoms with Gasteiger partial charge in [-0.3, -0.25) is 9.69 Å². The van der Waals surface area contributed by atoms with Gasteiger partial charge in [0.05, 0.1) is 31.4 Å². The van der Waals surface area contributed by atoms with Crippen LogP contribution in [0.3, 0.4) is 0 Å². The minimum absolute atomic E-state index is 0.0636. The third-order valence-corrected chi connectivity index (χ3v) is 6.15. The number of hydrogen-bond acceptors (Lipinski definition) is 6. The lowest BCUT2D eigenvalue weighted by Crippen LogP contribution is -2.59. The van der Waals surface area contributed by atoms with E-state index < -0.39 is 41.8 Å². The topological polar surface area (TPSA) is 82.1 Å². The molecule has 3 atom stereocenters. The molecule has 0 fully saturated rings. The summed E-state index contributed by atoms with van der Waals surface area (Å²) >= 11 is 0. The molecule has 7 nitrogen and oxygen atoms in total. The number of halogens is 3. The highest BCUT2D eigenvalue weighted by atomic mass is 19.4. The zero-order chi connectivity index (χ0) is 26.1. The Bertz CT molecular complexity index is 1230. The Morgan fingerprint density at radius 1 is 0.972 bits per heavy atom. The second kappa shape index (κ2) is 9.62. The fourth-order valence-corrected chi connectivity index (χ4v) is 4.66. The standard InChI is InChI=1S/C26H22F3NO6/c1-34-22(31)20-18-13-14-25(36-18,21(20)23(32)35-2)19(15-16-9-5-3-6-10-16)30(24(33)26(27,28)29)17-11-7-4-8-12-17/h3-14,18-19H,15H2,1-2H3. The molecule has 2 aromatic rings. The molecule has 0 aromatic heterocycles. The van der Waals surface area contributed by atoms with E-state index in [1.165, 1.54) is 36.4 Å². The number of carbonyl (C=O) groups is 3. The normalized spacial score (nSPS) is 21.3. The number of benzene rings is 2. The number of fused-ring (bicyclic) bond motifs is 2. The van der Waals surface area contributed by atoms with Crippen molar-refractivity contribution in [3.05, 3.63) is 89.5 Å². The number of anilines is 1. The van der Waals surface area contributed by atoms with Crippen LogP contribution in [-0.2, 0) is 35.0 Å². The highest BCUT2D eigenvalue weighted by molar-refractivity contribution is 6.06. The van der Waals surface area contributed by atoms with Crippen LogP contribution < -0.4 is 4.90 Å². The SMILES string of the molecule is COC(=O)C1=C(C(=O)OC)C2(C(Cc3ccccc3)N(C(=O)C(F)(F)F)c3ccccc3)C=CC1O2. The lowest BCUT2D eigenvalue weighted by molar-refractivity contribution is -0.172. The van der Waals surface area contributed by atoms with Crippen molar-refractivity contribution < 1.29 is 41.8 Å². The van der Waals surface area contributed by atoms with Crippen LogP contribution in [0, 0.1) is 0 Å². The van der Waals surface area contributed by atoms with Crippen LogP contribution in [-0.4, -0.2) is 56.0 Å². The average molecular weight is 501 g/mol. The van der Waals surface area contributed by atoms with Gasteiger partial charge in [-0.05, 0) is 30.2 Å². The van der Waals surface area contributed by atoms with Crippen molar-refractivity contribution in [1.29, 1.82) is 0 Å². The Morgan fingerprint density at radius 3 is 2.11 bits per heavy atom. The van der Waals surface area contributed by atoms with Crippen LogP contribution in [0.1, 0.15) is 5.56 Å². The van der Waals surface area contributed by atoms with Gasteiger partial charge in [0.1, 0.15) is 11.7 Å². The first kappa shape index (κ1) is 25.2. The zero-order valence-corrected chi connectivity index (χ0v) is 19.3. The lowest BCUT2D eigenvalue weighted by Gasteiger charge is -2.42. The van der Waals surface area contributed by atoms with E-state index in [9.17, 15) is 27.6 Å². The second-order valence-electron chi connectivity index (χ2n) is 8.18. The molecule has 2 aromatic carbocycles. The van der Waals surface area contributed by atoms with Gasteiger partial charge in [-0.25, -0.2) is 9.59 Å². The highest BCUT2D eigenvalue weighted by Crippen LogP contribution is 2.49. The van der Waals surface area contributed by atoms with E-state index in [4.69, 9.17) is 14.2 Å². The molecule has 0 N–H and O–H groups in total. The summed E-state index contributed by atoms with van der Waals surface area (Å²) in [7, 11) is 2.19. The van der Waals surface area contributed by atoms with Crippen LogP contribution in [0.15, 0.2) is 84.0 Å². The predicted molar refractivity (Wildman–Crippen MR) is 122 cm³/mol. The van der Waals surface area contributed by atoms with E-state index >= 15 is 0 Å². The molecule has 4 rings (SSSR count). The van der Waals surface area contributed by atoms with Crippen LogP contribution in [0.4, 0.5) is 18.9 Å². The smallest absolute Gasteiger partial charge is 0.466 e. The number of esters is 2. The van der Waals surface area contributed by atoms with Gasteiger partial charge in [-0.1, -0.05) is 54.6 Å². The first-order valence-electron chi connectivity index (χ1n) is 10.9. The maximum Gasteiger partial charge on any atom is 0.471 e. The minimum Gasteiger partial charge on any atom is -0.466 e. The Hall–Kier alpha value is -3.92. The summed E-state index contributed by atoms with van der Waals surface area (Å²) in [5.74, 6) is -4.02. The molecule has 0 radical (unpaired) electrons. The number of rotatable bonds is 7. The third kappa shape index (κ3) is 4.28. The van der Waals surface area contributed by atoms with Gasteiger partial charge in [0.25, 0.3) is 0 Å². The van der Waals surface area contributed by atoms with Gasteiger partial charge in [-0.2, -0.15) is 13.2 Å². The average Bonchev–Trinajstić information content (AvgIpc) is 3.46. The summed E-state index contributed by atoms with van der Waals surface area (Å²) < 4.78 is 57.7. The van der Waals surface area contributed by atoms with Crippen LogP contribution in [0.25, 0.3) is 0 Å². The van der Waals surface area contributed by atoms with Gasteiger partial charge in [-0.15, -0.1) is 0 Å². The number of nitrogens with zero attached hydrogens (tertiary/aromatic N) is 1. The van der Waals surface area contributed by atoms with Crippen molar-refractivity contribution in [2.24, 2.45) is 0 Å². The first-order chi connectivity index (χ1) is 17.1. The number of methoxy groups -OCH3 is 2. The fourth-order valence-electron chi connectivity index (χ4n) is 4.66. The number of alkyl halides is 3. The van der Waals surface area contributed by atoms with Gasteiger partial charge in [0.15, 0.2) is 0 Å². The van der Waals surface area contributed by atoms with Crippen molar-refractivity contribution in [3.8, 4) is 0 Å². The summed E-state index contributed by atoms with van der Waals surface area (Å²) in [5.41, 5.74) is -1.90. The molecule has 2 bridgehead atoms. The van der Waals surface area contributed by atoms with E-state index in [1.807, 2.05) is 0 Å². The molecule has 0 spiro atoms. The highest BCUT2D eigenvalue weighted by Gasteiger charge is 2.61. The molecule has 1 amide bonds. The van der Waals surface area contributed by atoms with E-state index in [1.54, 1.807) is 36.4 Å². The van der Waals surface area contributed by atoms with Crippen LogP contribution in [0.2, 0.25) is 0 Å². The van der Waals surface area contributed by atoms with Gasteiger partial charge in [0.2, 0.25) is 0 Å². The summed E-state index contributed by atoms with van der Waals surface area (Å²) in [4.78, 5) is 39.1. The van der Waals surface area contributed by atoms with Gasteiger partial charge >= 0.3 is 24.0 Å². The Kier molecular flexibility index (Phi) is 6.73. The van der Waals surface area contributed by atoms with Crippen LogP contribution in [0.5, 0.6) is 0 Å². The predicted octanol–water partition coefficient (Wildman–Crippen LogP) is 3.54. The minimum atomic E-state index is -5.25. The molecule has 0 saturated carbocycles. The molecule has 0 aliphatic carbocycles. The van der Waals surface area contributed by atoms with Crippen molar-refractivity contribution >= 4 is 23.5 Å².